The first-order valence-electron chi connectivity index (χ1n) is 7.07. The summed E-state index contributed by atoms with van der Waals surface area (Å²) in [5.74, 6) is 0. The summed E-state index contributed by atoms with van der Waals surface area (Å²) >= 11 is 0. The first-order chi connectivity index (χ1) is 10.0. The van der Waals surface area contributed by atoms with Crippen LogP contribution >= 0.6 is 0 Å². The van der Waals surface area contributed by atoms with Crippen LogP contribution in [-0.2, 0) is 26.6 Å². The summed E-state index contributed by atoms with van der Waals surface area (Å²) in [6.07, 6.45) is 1.74. The summed E-state index contributed by atoms with van der Waals surface area (Å²) in [4.78, 5) is 0. The van der Waals surface area contributed by atoms with E-state index in [-0.39, 0.29) is 5.67 Å². The normalized spacial score (nSPS) is 14.4. The summed E-state index contributed by atoms with van der Waals surface area (Å²) in [5, 5.41) is 3.45. The van der Waals surface area contributed by atoms with Gasteiger partial charge in [-0.1, -0.05) is 6.92 Å². The van der Waals surface area contributed by atoms with Gasteiger partial charge in [-0.2, -0.15) is 0 Å². The SMILES string of the molecule is CCC(NCCC[Si](OC)(OC)OC)[Si](OC)(OC)OC. The van der Waals surface area contributed by atoms with Gasteiger partial charge in [0, 0.05) is 48.7 Å². The molecule has 0 spiro atoms. The molecule has 1 N–H and O–H groups in total. The van der Waals surface area contributed by atoms with Gasteiger partial charge in [0.15, 0.2) is 0 Å². The Labute approximate surface area is 130 Å². The van der Waals surface area contributed by atoms with Gasteiger partial charge in [-0.25, -0.2) is 0 Å². The van der Waals surface area contributed by atoms with Crippen LogP contribution in [0.3, 0.4) is 0 Å². The van der Waals surface area contributed by atoms with Crippen LogP contribution in [-0.4, -0.2) is 72.5 Å². The molecule has 0 saturated carbocycles. The minimum absolute atomic E-state index is 0.0567. The molecule has 0 saturated heterocycles. The fraction of sp³-hybridized carbons (Fsp3) is 1.00. The molecular weight excluding hydrogens is 310 g/mol. The Morgan fingerprint density at radius 2 is 1.29 bits per heavy atom. The molecule has 9 heteroatoms. The van der Waals surface area contributed by atoms with E-state index in [1.165, 1.54) is 0 Å². The molecule has 21 heavy (non-hydrogen) atoms. The Kier molecular flexibility index (Phi) is 10.9. The zero-order valence-electron chi connectivity index (χ0n) is 14.4. The Hall–Kier alpha value is 0.154. The number of nitrogens with one attached hydrogen (secondary N) is 1. The van der Waals surface area contributed by atoms with Gasteiger partial charge in [-0.05, 0) is 19.4 Å². The quantitative estimate of drug-likeness (QED) is 0.396. The lowest BCUT2D eigenvalue weighted by molar-refractivity contribution is 0.106. The molecule has 0 aromatic carbocycles. The molecule has 0 aliphatic heterocycles. The molecular formula is C12H31NO6Si2. The highest BCUT2D eigenvalue weighted by Crippen LogP contribution is 2.17. The third-order valence-corrected chi connectivity index (χ3v) is 9.68. The van der Waals surface area contributed by atoms with E-state index < -0.39 is 17.6 Å². The third kappa shape index (κ3) is 5.69. The van der Waals surface area contributed by atoms with E-state index in [1.54, 1.807) is 42.7 Å². The van der Waals surface area contributed by atoms with E-state index in [0.717, 1.165) is 25.4 Å². The van der Waals surface area contributed by atoms with Gasteiger partial charge in [-0.3, -0.25) is 0 Å². The lowest BCUT2D eigenvalue weighted by Gasteiger charge is -2.32. The molecule has 0 amide bonds. The van der Waals surface area contributed by atoms with Crippen molar-refractivity contribution in [2.45, 2.75) is 31.5 Å². The maximum atomic E-state index is 5.52. The van der Waals surface area contributed by atoms with E-state index in [9.17, 15) is 0 Å². The van der Waals surface area contributed by atoms with E-state index >= 15 is 0 Å². The van der Waals surface area contributed by atoms with Gasteiger partial charge in [-0.15, -0.1) is 0 Å². The molecule has 0 aliphatic rings. The Morgan fingerprint density at radius 1 is 0.810 bits per heavy atom. The Bertz CT molecular complexity index is 248. The number of hydrogen-bond donors (Lipinski definition) is 1. The second kappa shape index (κ2) is 10.8. The first-order valence-corrected chi connectivity index (χ1v) is 10.8. The van der Waals surface area contributed by atoms with Gasteiger partial charge in [0.05, 0.1) is 5.67 Å². The van der Waals surface area contributed by atoms with Crippen molar-refractivity contribution in [2.24, 2.45) is 0 Å². The zero-order valence-corrected chi connectivity index (χ0v) is 16.4. The predicted octanol–water partition coefficient (Wildman–Crippen LogP) is 1.04. The average molecular weight is 342 g/mol. The van der Waals surface area contributed by atoms with Crippen LogP contribution in [0.4, 0.5) is 0 Å². The number of hydrogen-bond acceptors (Lipinski definition) is 7. The Morgan fingerprint density at radius 3 is 1.62 bits per heavy atom. The molecule has 0 rings (SSSR count). The maximum Gasteiger partial charge on any atom is 0.517 e. The van der Waals surface area contributed by atoms with Crippen LogP contribution < -0.4 is 5.32 Å². The lowest BCUT2D eigenvalue weighted by atomic mass is 10.4. The third-order valence-electron chi connectivity index (χ3n) is 3.67. The minimum Gasteiger partial charge on any atom is -0.377 e. The smallest absolute Gasteiger partial charge is 0.377 e. The van der Waals surface area contributed by atoms with Crippen LogP contribution in [0.1, 0.15) is 19.8 Å². The van der Waals surface area contributed by atoms with Gasteiger partial charge in [0.1, 0.15) is 0 Å². The molecule has 128 valence electrons. The fourth-order valence-corrected chi connectivity index (χ4v) is 6.30. The molecule has 0 aromatic rings. The topological polar surface area (TPSA) is 67.4 Å². The van der Waals surface area contributed by atoms with Gasteiger partial charge in [0.2, 0.25) is 0 Å². The molecule has 0 bridgehead atoms. The summed E-state index contributed by atoms with van der Waals surface area (Å²) < 4.78 is 32.8. The Balaban J connectivity index is 4.42. The minimum atomic E-state index is -2.66. The molecule has 0 aliphatic carbocycles. The second-order valence-corrected chi connectivity index (χ2v) is 10.7. The van der Waals surface area contributed by atoms with E-state index in [4.69, 9.17) is 26.6 Å². The van der Waals surface area contributed by atoms with Gasteiger partial charge >= 0.3 is 17.6 Å². The van der Waals surface area contributed by atoms with Crippen molar-refractivity contribution < 1.29 is 26.6 Å². The molecule has 0 aromatic heterocycles. The summed E-state index contributed by atoms with van der Waals surface area (Å²) in [6, 6.07) is 0.751. The van der Waals surface area contributed by atoms with Gasteiger partial charge < -0.3 is 31.9 Å². The molecule has 0 fully saturated rings. The van der Waals surface area contributed by atoms with E-state index in [1.807, 2.05) is 0 Å². The van der Waals surface area contributed by atoms with Crippen LogP contribution in [0.15, 0.2) is 0 Å². The molecule has 1 atom stereocenters. The standard InChI is InChI=1S/C12H31NO6Si2/c1-8-12(21(17-5,18-6)19-7)13-10-9-11-20(14-2,15-3)16-4/h12-13H,8-11H2,1-7H3. The van der Waals surface area contributed by atoms with Crippen molar-refractivity contribution in [2.75, 3.05) is 49.2 Å². The van der Waals surface area contributed by atoms with E-state index in [2.05, 4.69) is 12.2 Å². The zero-order chi connectivity index (χ0) is 16.4. The van der Waals surface area contributed by atoms with Crippen molar-refractivity contribution in [3.63, 3.8) is 0 Å². The maximum absolute atomic E-state index is 5.52. The van der Waals surface area contributed by atoms with Gasteiger partial charge in [0.25, 0.3) is 0 Å². The first kappa shape index (κ1) is 21.2. The van der Waals surface area contributed by atoms with Crippen molar-refractivity contribution in [1.29, 1.82) is 0 Å². The van der Waals surface area contributed by atoms with E-state index in [0.29, 0.717) is 0 Å². The highest BCUT2D eigenvalue weighted by atomic mass is 28.4. The molecule has 1 unspecified atom stereocenters. The monoisotopic (exact) mass is 341 g/mol. The lowest BCUT2D eigenvalue weighted by Crippen LogP contribution is -2.60. The van der Waals surface area contributed by atoms with Crippen LogP contribution in [0.5, 0.6) is 0 Å². The van der Waals surface area contributed by atoms with Crippen LogP contribution in [0.25, 0.3) is 0 Å². The molecule has 0 heterocycles. The van der Waals surface area contributed by atoms with Crippen molar-refractivity contribution in [1.82, 2.24) is 5.32 Å². The average Bonchev–Trinajstić information content (AvgIpc) is 2.55. The highest BCUT2D eigenvalue weighted by molar-refractivity contribution is 6.62. The van der Waals surface area contributed by atoms with Crippen molar-refractivity contribution in [3.05, 3.63) is 0 Å². The fourth-order valence-electron chi connectivity index (χ4n) is 2.33. The van der Waals surface area contributed by atoms with Crippen LogP contribution in [0, 0.1) is 0 Å². The van der Waals surface area contributed by atoms with Crippen molar-refractivity contribution in [3.8, 4) is 0 Å². The summed E-state index contributed by atoms with van der Waals surface area (Å²) in [5.41, 5.74) is 0.0567. The summed E-state index contributed by atoms with van der Waals surface area (Å²) in [6.45, 7) is 2.86. The number of rotatable bonds is 13. The molecule has 0 radical (unpaired) electrons. The predicted molar refractivity (Wildman–Crippen MR) is 85.1 cm³/mol. The second-order valence-electron chi connectivity index (χ2n) is 4.53. The summed E-state index contributed by atoms with van der Waals surface area (Å²) in [7, 11) is 4.60. The highest BCUT2D eigenvalue weighted by Gasteiger charge is 2.46. The van der Waals surface area contributed by atoms with Crippen molar-refractivity contribution >= 4 is 17.6 Å². The largest absolute Gasteiger partial charge is 0.517 e. The van der Waals surface area contributed by atoms with Crippen LogP contribution in [0.2, 0.25) is 6.04 Å². The molecule has 7 nitrogen and oxygen atoms in total.